The van der Waals surface area contributed by atoms with Crippen LogP contribution in [0.1, 0.15) is 11.1 Å². The number of alkyl halides is 3. The lowest BCUT2D eigenvalue weighted by molar-refractivity contribution is -0.137. The van der Waals surface area contributed by atoms with E-state index in [4.69, 9.17) is 5.73 Å². The van der Waals surface area contributed by atoms with Crippen molar-refractivity contribution in [3.8, 4) is 0 Å². The highest BCUT2D eigenvalue weighted by atomic mass is 19.4. The van der Waals surface area contributed by atoms with Crippen molar-refractivity contribution in [2.75, 3.05) is 5.32 Å². The summed E-state index contributed by atoms with van der Waals surface area (Å²) in [5, 5.41) is 2.41. The van der Waals surface area contributed by atoms with Gasteiger partial charge in [0.15, 0.2) is 0 Å². The highest BCUT2D eigenvalue weighted by molar-refractivity contribution is 5.94. The molecule has 1 amide bonds. The van der Waals surface area contributed by atoms with Crippen molar-refractivity contribution in [3.05, 3.63) is 65.7 Å². The van der Waals surface area contributed by atoms with Gasteiger partial charge in [-0.25, -0.2) is 0 Å². The fourth-order valence-corrected chi connectivity index (χ4v) is 1.97. The first kappa shape index (κ1) is 16.0. The summed E-state index contributed by atoms with van der Waals surface area (Å²) in [6.45, 7) is 0. The van der Waals surface area contributed by atoms with E-state index in [2.05, 4.69) is 5.32 Å². The predicted octanol–water partition coefficient (Wildman–Crippen LogP) is 3.21. The van der Waals surface area contributed by atoms with Crippen molar-refractivity contribution in [2.24, 2.45) is 5.73 Å². The summed E-state index contributed by atoms with van der Waals surface area (Å²) in [5.41, 5.74) is 5.93. The summed E-state index contributed by atoms with van der Waals surface area (Å²) in [6.07, 6.45) is -4.14. The average Bonchev–Trinajstić information content (AvgIpc) is 2.47. The van der Waals surface area contributed by atoms with Crippen molar-refractivity contribution in [1.29, 1.82) is 0 Å². The predicted molar refractivity (Wildman–Crippen MR) is 78.2 cm³/mol. The number of rotatable bonds is 4. The summed E-state index contributed by atoms with van der Waals surface area (Å²) in [6, 6.07) is 12.8. The van der Waals surface area contributed by atoms with Gasteiger partial charge in [-0.3, -0.25) is 4.79 Å². The third-order valence-corrected chi connectivity index (χ3v) is 3.09. The molecule has 0 saturated heterocycles. The Morgan fingerprint density at radius 3 is 2.41 bits per heavy atom. The largest absolute Gasteiger partial charge is 0.416 e. The Morgan fingerprint density at radius 2 is 1.77 bits per heavy atom. The molecule has 0 aliphatic rings. The standard InChI is InChI=1S/C16H15F3N2O/c17-16(18,19)12-7-4-8-13(10-12)21-15(22)14(20)9-11-5-2-1-3-6-11/h1-8,10,14H,9,20H2,(H,21,22). The smallest absolute Gasteiger partial charge is 0.325 e. The van der Waals surface area contributed by atoms with Gasteiger partial charge in [0.05, 0.1) is 11.6 Å². The number of nitrogens with two attached hydrogens (primary N) is 1. The van der Waals surface area contributed by atoms with E-state index in [1.807, 2.05) is 30.3 Å². The van der Waals surface area contributed by atoms with Gasteiger partial charge in [-0.2, -0.15) is 13.2 Å². The number of carbonyl (C=O) groups is 1. The molecule has 3 N–H and O–H groups in total. The van der Waals surface area contributed by atoms with Crippen LogP contribution >= 0.6 is 0 Å². The molecule has 0 saturated carbocycles. The molecule has 0 radical (unpaired) electrons. The van der Waals surface area contributed by atoms with Crippen LogP contribution in [-0.2, 0) is 17.4 Å². The minimum absolute atomic E-state index is 0.0725. The maximum Gasteiger partial charge on any atom is 0.416 e. The van der Waals surface area contributed by atoms with Crippen molar-refractivity contribution in [3.63, 3.8) is 0 Å². The molecule has 0 aromatic heterocycles. The van der Waals surface area contributed by atoms with E-state index >= 15 is 0 Å². The molecular formula is C16H15F3N2O. The fourth-order valence-electron chi connectivity index (χ4n) is 1.97. The van der Waals surface area contributed by atoms with Crippen LogP contribution in [0.5, 0.6) is 0 Å². The number of hydrogen-bond acceptors (Lipinski definition) is 2. The van der Waals surface area contributed by atoms with E-state index in [0.29, 0.717) is 6.42 Å². The van der Waals surface area contributed by atoms with E-state index in [1.165, 1.54) is 12.1 Å². The summed E-state index contributed by atoms with van der Waals surface area (Å²) < 4.78 is 37.8. The van der Waals surface area contributed by atoms with E-state index in [-0.39, 0.29) is 5.69 Å². The highest BCUT2D eigenvalue weighted by Gasteiger charge is 2.30. The van der Waals surface area contributed by atoms with Crippen LogP contribution in [0.15, 0.2) is 54.6 Å². The molecule has 0 fully saturated rings. The Labute approximate surface area is 125 Å². The quantitative estimate of drug-likeness (QED) is 0.911. The number of carbonyl (C=O) groups excluding carboxylic acids is 1. The van der Waals surface area contributed by atoms with Gasteiger partial charge >= 0.3 is 6.18 Å². The number of hydrogen-bond donors (Lipinski definition) is 2. The van der Waals surface area contributed by atoms with E-state index < -0.39 is 23.7 Å². The van der Waals surface area contributed by atoms with Gasteiger partial charge in [0.25, 0.3) is 0 Å². The minimum atomic E-state index is -4.45. The Morgan fingerprint density at radius 1 is 1.09 bits per heavy atom. The maximum atomic E-state index is 12.6. The molecule has 1 atom stereocenters. The minimum Gasteiger partial charge on any atom is -0.325 e. The Hall–Kier alpha value is -2.34. The van der Waals surface area contributed by atoms with Crippen molar-refractivity contribution < 1.29 is 18.0 Å². The SMILES string of the molecule is NC(Cc1ccccc1)C(=O)Nc1cccc(C(F)(F)F)c1. The molecule has 116 valence electrons. The molecule has 3 nitrogen and oxygen atoms in total. The first-order chi connectivity index (χ1) is 10.4. The number of amides is 1. The van der Waals surface area contributed by atoms with Crippen molar-refractivity contribution in [2.45, 2.75) is 18.6 Å². The van der Waals surface area contributed by atoms with Crippen LogP contribution in [0.4, 0.5) is 18.9 Å². The van der Waals surface area contributed by atoms with E-state index in [0.717, 1.165) is 17.7 Å². The van der Waals surface area contributed by atoms with Gasteiger partial charge in [-0.05, 0) is 30.2 Å². The molecule has 2 rings (SSSR count). The lowest BCUT2D eigenvalue weighted by Gasteiger charge is -2.14. The lowest BCUT2D eigenvalue weighted by atomic mass is 10.1. The first-order valence-corrected chi connectivity index (χ1v) is 6.64. The Balaban J connectivity index is 2.02. The molecule has 2 aromatic carbocycles. The van der Waals surface area contributed by atoms with Crippen molar-refractivity contribution in [1.82, 2.24) is 0 Å². The monoisotopic (exact) mass is 308 g/mol. The topological polar surface area (TPSA) is 55.1 Å². The van der Waals surface area contributed by atoms with Crippen LogP contribution in [0.2, 0.25) is 0 Å². The van der Waals surface area contributed by atoms with Gasteiger partial charge < -0.3 is 11.1 Å². The van der Waals surface area contributed by atoms with Crippen LogP contribution in [0, 0.1) is 0 Å². The van der Waals surface area contributed by atoms with Gasteiger partial charge in [0.1, 0.15) is 0 Å². The second-order valence-electron chi connectivity index (χ2n) is 4.86. The third kappa shape index (κ3) is 4.33. The zero-order valence-corrected chi connectivity index (χ0v) is 11.6. The normalized spacial score (nSPS) is 12.7. The summed E-state index contributed by atoms with van der Waals surface area (Å²) in [7, 11) is 0. The molecule has 1 unspecified atom stereocenters. The Kier molecular flexibility index (Phi) is 4.82. The lowest BCUT2D eigenvalue weighted by Crippen LogP contribution is -2.37. The number of anilines is 1. The van der Waals surface area contributed by atoms with E-state index in [9.17, 15) is 18.0 Å². The molecular weight excluding hydrogens is 293 g/mol. The van der Waals surface area contributed by atoms with Crippen LogP contribution in [0.3, 0.4) is 0 Å². The fraction of sp³-hybridized carbons (Fsp3) is 0.188. The second-order valence-corrected chi connectivity index (χ2v) is 4.86. The van der Waals surface area contributed by atoms with Crippen molar-refractivity contribution >= 4 is 11.6 Å². The van der Waals surface area contributed by atoms with Crippen LogP contribution < -0.4 is 11.1 Å². The maximum absolute atomic E-state index is 12.6. The first-order valence-electron chi connectivity index (χ1n) is 6.64. The van der Waals surface area contributed by atoms with Crippen LogP contribution in [0.25, 0.3) is 0 Å². The van der Waals surface area contributed by atoms with Crippen LogP contribution in [-0.4, -0.2) is 11.9 Å². The van der Waals surface area contributed by atoms with Gasteiger partial charge in [-0.15, -0.1) is 0 Å². The highest BCUT2D eigenvalue weighted by Crippen LogP contribution is 2.30. The van der Waals surface area contributed by atoms with E-state index in [1.54, 1.807) is 0 Å². The average molecular weight is 308 g/mol. The molecule has 0 bridgehead atoms. The molecule has 0 aliphatic heterocycles. The molecule has 6 heteroatoms. The molecule has 22 heavy (non-hydrogen) atoms. The molecule has 0 heterocycles. The molecule has 0 spiro atoms. The number of benzene rings is 2. The molecule has 2 aromatic rings. The second kappa shape index (κ2) is 6.62. The third-order valence-electron chi connectivity index (χ3n) is 3.09. The number of halogens is 3. The van der Waals surface area contributed by atoms with Gasteiger partial charge in [-0.1, -0.05) is 36.4 Å². The Bertz CT molecular complexity index is 641. The molecule has 0 aliphatic carbocycles. The zero-order valence-electron chi connectivity index (χ0n) is 11.6. The summed E-state index contributed by atoms with van der Waals surface area (Å²) in [5.74, 6) is -0.525. The summed E-state index contributed by atoms with van der Waals surface area (Å²) in [4.78, 5) is 12.0. The summed E-state index contributed by atoms with van der Waals surface area (Å²) >= 11 is 0. The van der Waals surface area contributed by atoms with Gasteiger partial charge in [0.2, 0.25) is 5.91 Å². The zero-order chi connectivity index (χ0) is 16.2. The van der Waals surface area contributed by atoms with Gasteiger partial charge in [0, 0.05) is 5.69 Å². The number of nitrogens with one attached hydrogen (secondary N) is 1.